The first-order chi connectivity index (χ1) is 21.3. The summed E-state index contributed by atoms with van der Waals surface area (Å²) < 4.78 is 19.5. The van der Waals surface area contributed by atoms with Gasteiger partial charge in [0.1, 0.15) is 12.1 Å². The molecule has 1 amide bonds. The van der Waals surface area contributed by atoms with Gasteiger partial charge >= 0.3 is 0 Å². The molecule has 3 unspecified atom stereocenters. The van der Waals surface area contributed by atoms with Gasteiger partial charge in [0.2, 0.25) is 5.91 Å². The monoisotopic (exact) mass is 634 g/mol. The van der Waals surface area contributed by atoms with E-state index in [2.05, 4.69) is 25.7 Å². The zero-order valence-corrected chi connectivity index (χ0v) is 25.3. The van der Waals surface area contributed by atoms with Gasteiger partial charge in [-0.15, -0.1) is 5.10 Å². The van der Waals surface area contributed by atoms with Crippen LogP contribution in [0.5, 0.6) is 0 Å². The molecule has 1 saturated carbocycles. The molecule has 10 nitrogen and oxygen atoms in total. The summed E-state index contributed by atoms with van der Waals surface area (Å²) in [5.74, 6) is -0.889. The Morgan fingerprint density at radius 2 is 1.95 bits per heavy atom. The van der Waals surface area contributed by atoms with Gasteiger partial charge in [-0.2, -0.15) is 5.10 Å². The average molecular weight is 636 g/mol. The van der Waals surface area contributed by atoms with Crippen molar-refractivity contribution in [2.75, 3.05) is 5.32 Å². The summed E-state index contributed by atoms with van der Waals surface area (Å²) in [4.78, 5) is 19.4. The highest BCUT2D eigenvalue weighted by atomic mass is 35.5. The Labute approximate surface area is 262 Å². The van der Waals surface area contributed by atoms with E-state index in [1.165, 1.54) is 23.2 Å². The van der Waals surface area contributed by atoms with Gasteiger partial charge in [-0.1, -0.05) is 41.8 Å². The molecule has 3 aliphatic rings. The SMILES string of the molecule is CC1CCCC(N2C=C(F)C(c3cc(Cl)ccc3-n3cc(Cl)nn3)=CC2O)c2cc(ccn2)-c2c(cnn2C2CC2)NC1=O. The van der Waals surface area contributed by atoms with E-state index in [0.29, 0.717) is 46.9 Å². The van der Waals surface area contributed by atoms with Crippen LogP contribution in [0, 0.1) is 5.92 Å². The molecule has 2 bridgehead atoms. The number of hydrogen-bond donors (Lipinski definition) is 2. The fraction of sp³-hybridized carbons (Fsp3) is 0.323. The summed E-state index contributed by atoms with van der Waals surface area (Å²) in [6.45, 7) is 1.90. The Kier molecular flexibility index (Phi) is 7.47. The molecule has 44 heavy (non-hydrogen) atoms. The van der Waals surface area contributed by atoms with Crippen molar-refractivity contribution in [3.8, 4) is 16.9 Å². The smallest absolute Gasteiger partial charge is 0.227 e. The van der Waals surface area contributed by atoms with Gasteiger partial charge in [-0.25, -0.2) is 9.07 Å². The van der Waals surface area contributed by atoms with Gasteiger partial charge in [0, 0.05) is 40.0 Å². The van der Waals surface area contributed by atoms with E-state index >= 15 is 4.39 Å². The Bertz CT molecular complexity index is 1810. The van der Waals surface area contributed by atoms with Gasteiger partial charge in [0.25, 0.3) is 0 Å². The average Bonchev–Trinajstić information content (AvgIpc) is 3.63. The number of carbonyl (C=O) groups excluding carboxylic acids is 1. The zero-order chi connectivity index (χ0) is 30.5. The number of amides is 1. The Balaban J connectivity index is 1.28. The van der Waals surface area contributed by atoms with Crippen LogP contribution in [0.2, 0.25) is 10.2 Å². The predicted molar refractivity (Wildman–Crippen MR) is 165 cm³/mol. The Morgan fingerprint density at radius 3 is 2.73 bits per heavy atom. The van der Waals surface area contributed by atoms with E-state index < -0.39 is 18.1 Å². The minimum absolute atomic E-state index is 0.0736. The van der Waals surface area contributed by atoms with Crippen LogP contribution in [-0.4, -0.2) is 51.9 Å². The lowest BCUT2D eigenvalue weighted by atomic mass is 9.94. The van der Waals surface area contributed by atoms with E-state index in [1.807, 2.05) is 23.7 Å². The number of halogens is 3. The van der Waals surface area contributed by atoms with Crippen LogP contribution in [-0.2, 0) is 4.79 Å². The van der Waals surface area contributed by atoms with Crippen molar-refractivity contribution in [3.63, 3.8) is 0 Å². The minimum Gasteiger partial charge on any atom is -0.370 e. The second-order valence-corrected chi connectivity index (χ2v) is 12.3. The molecule has 0 saturated heterocycles. The van der Waals surface area contributed by atoms with Crippen molar-refractivity contribution in [2.45, 2.75) is 57.3 Å². The first-order valence-electron chi connectivity index (χ1n) is 14.5. The number of pyridine rings is 1. The zero-order valence-electron chi connectivity index (χ0n) is 23.7. The highest BCUT2D eigenvalue weighted by molar-refractivity contribution is 6.31. The van der Waals surface area contributed by atoms with Crippen molar-refractivity contribution in [1.82, 2.24) is 34.7 Å². The maximum atomic E-state index is 16.1. The molecule has 226 valence electrons. The second kappa shape index (κ2) is 11.5. The van der Waals surface area contributed by atoms with Crippen molar-refractivity contribution in [2.24, 2.45) is 5.92 Å². The third-order valence-corrected chi connectivity index (χ3v) is 8.77. The number of carbonyl (C=O) groups is 1. The van der Waals surface area contributed by atoms with Gasteiger partial charge < -0.3 is 15.3 Å². The molecule has 7 rings (SSSR count). The Hall–Kier alpha value is -4.06. The van der Waals surface area contributed by atoms with Crippen LogP contribution in [0.4, 0.5) is 10.1 Å². The van der Waals surface area contributed by atoms with Crippen LogP contribution in [0.1, 0.15) is 62.4 Å². The van der Waals surface area contributed by atoms with E-state index in [1.54, 1.807) is 35.5 Å². The largest absolute Gasteiger partial charge is 0.370 e. The molecule has 5 heterocycles. The van der Waals surface area contributed by atoms with Crippen molar-refractivity contribution >= 4 is 40.4 Å². The second-order valence-electron chi connectivity index (χ2n) is 11.5. The van der Waals surface area contributed by atoms with Crippen LogP contribution in [0.15, 0.2) is 67.0 Å². The van der Waals surface area contributed by atoms with E-state index in [4.69, 9.17) is 23.2 Å². The first kappa shape index (κ1) is 28.7. The van der Waals surface area contributed by atoms with Gasteiger partial charge in [0.05, 0.1) is 47.2 Å². The summed E-state index contributed by atoms with van der Waals surface area (Å²) in [5, 5.41) is 27.6. The summed E-state index contributed by atoms with van der Waals surface area (Å²) in [6.07, 6.45) is 10.4. The molecule has 1 aromatic carbocycles. The molecule has 4 aromatic rings. The highest BCUT2D eigenvalue weighted by Crippen LogP contribution is 2.43. The number of anilines is 1. The third-order valence-electron chi connectivity index (χ3n) is 8.37. The van der Waals surface area contributed by atoms with E-state index in [9.17, 15) is 9.90 Å². The molecular formula is C31H29Cl2FN8O2. The van der Waals surface area contributed by atoms with Gasteiger partial charge in [-0.05, 0) is 62.1 Å². The van der Waals surface area contributed by atoms with Crippen LogP contribution < -0.4 is 5.32 Å². The summed E-state index contributed by atoms with van der Waals surface area (Å²) in [7, 11) is 0. The summed E-state index contributed by atoms with van der Waals surface area (Å²) >= 11 is 12.3. The minimum atomic E-state index is -1.19. The number of aliphatic hydroxyl groups excluding tert-OH is 1. The lowest BCUT2D eigenvalue weighted by molar-refractivity contribution is -0.119. The fourth-order valence-electron chi connectivity index (χ4n) is 5.94. The molecule has 3 atom stereocenters. The number of fused-ring (bicyclic) bond motifs is 4. The van der Waals surface area contributed by atoms with Crippen molar-refractivity contribution in [3.05, 3.63) is 88.5 Å². The first-order valence-corrected chi connectivity index (χ1v) is 15.3. The maximum Gasteiger partial charge on any atom is 0.227 e. The number of aliphatic hydroxyl groups is 1. The number of allylic oxidation sites excluding steroid dienone is 2. The fourth-order valence-corrected chi connectivity index (χ4v) is 6.24. The molecule has 1 aliphatic carbocycles. The maximum absolute atomic E-state index is 16.1. The Morgan fingerprint density at radius 1 is 1.11 bits per heavy atom. The van der Waals surface area contributed by atoms with Gasteiger partial charge in [-0.3, -0.25) is 14.5 Å². The summed E-state index contributed by atoms with van der Waals surface area (Å²) in [5.41, 5.74) is 4.08. The van der Waals surface area contributed by atoms with Crippen molar-refractivity contribution < 1.29 is 14.3 Å². The number of nitrogens with zero attached hydrogens (tertiary/aromatic N) is 7. The quantitative estimate of drug-likeness (QED) is 0.263. The van der Waals surface area contributed by atoms with Crippen LogP contribution >= 0.6 is 23.2 Å². The standard InChI is InChI=1S/C31H29Cl2FN8O2/c1-17-3-2-4-27(24-11-18(9-10-35-24)30-25(37-31(17)44)14-36-42(30)20-6-7-20)40-15-23(34)21(13-29(40)43)22-12-19(32)5-8-26(22)41-16-28(33)38-39-41/h5,8-17,20,27,29,43H,2-4,6-7H2,1H3,(H,37,44). The third kappa shape index (κ3) is 5.40. The predicted octanol–water partition coefficient (Wildman–Crippen LogP) is 6.50. The molecule has 13 heteroatoms. The number of nitrogens with one attached hydrogen (secondary N) is 1. The number of hydrogen-bond acceptors (Lipinski definition) is 7. The van der Waals surface area contributed by atoms with Crippen LogP contribution in [0.3, 0.4) is 0 Å². The summed E-state index contributed by atoms with van der Waals surface area (Å²) in [6, 6.07) is 8.61. The molecule has 2 aliphatic heterocycles. The number of aromatic nitrogens is 6. The highest BCUT2D eigenvalue weighted by Gasteiger charge is 2.33. The normalized spacial score (nSPS) is 22.3. The molecule has 0 spiro atoms. The molecule has 3 aromatic heterocycles. The molecule has 0 radical (unpaired) electrons. The number of benzene rings is 1. The van der Waals surface area contributed by atoms with Crippen LogP contribution in [0.25, 0.3) is 22.5 Å². The van der Waals surface area contributed by atoms with Gasteiger partial charge in [0.15, 0.2) is 5.15 Å². The molecule has 1 fully saturated rings. The lowest BCUT2D eigenvalue weighted by Gasteiger charge is -2.36. The molecular weight excluding hydrogens is 606 g/mol. The lowest BCUT2D eigenvalue weighted by Crippen LogP contribution is -2.36. The van der Waals surface area contributed by atoms with E-state index in [-0.39, 0.29) is 28.6 Å². The number of rotatable bonds is 4. The topological polar surface area (TPSA) is 114 Å². The molecule has 2 N–H and O–H groups in total. The van der Waals surface area contributed by atoms with Crippen molar-refractivity contribution in [1.29, 1.82) is 0 Å². The van der Waals surface area contributed by atoms with E-state index in [0.717, 1.165) is 24.1 Å².